The molecule has 0 aromatic heterocycles. The van der Waals surface area contributed by atoms with Crippen molar-refractivity contribution >= 4 is 17.3 Å². The van der Waals surface area contributed by atoms with Gasteiger partial charge >= 0.3 is 0 Å². The molecule has 1 amide bonds. The first-order valence-electron chi connectivity index (χ1n) is 6.05. The molecule has 4 heteroatoms. The Hall–Kier alpha value is -2.49. The third kappa shape index (κ3) is 3.04. The summed E-state index contributed by atoms with van der Waals surface area (Å²) in [6.07, 6.45) is 0. The predicted octanol–water partition coefficient (Wildman–Crippen LogP) is 2.29. The Labute approximate surface area is 112 Å². The summed E-state index contributed by atoms with van der Waals surface area (Å²) in [5.74, 6) is -0.459. The highest BCUT2D eigenvalue weighted by Crippen LogP contribution is 2.21. The van der Waals surface area contributed by atoms with Crippen LogP contribution in [0.1, 0.15) is 21.5 Å². The number of hydrogen-bond donors (Lipinski definition) is 3. The number of aryl methyl sites for hydroxylation is 1. The van der Waals surface area contributed by atoms with E-state index in [1.165, 1.54) is 11.1 Å². The summed E-state index contributed by atoms with van der Waals surface area (Å²) in [6, 6.07) is 13.1. The molecule has 19 heavy (non-hydrogen) atoms. The minimum Gasteiger partial charge on any atom is -0.397 e. The molecule has 2 aromatic rings. The largest absolute Gasteiger partial charge is 0.397 e. The number of amides is 1. The van der Waals surface area contributed by atoms with E-state index >= 15 is 0 Å². The standard InChI is InChI=1S/C15H17N3O/c1-10-4-2-3-5-12(10)9-18-14-8-11(15(17)19)6-7-13(14)16/h2-8,18H,9,16H2,1H3,(H2,17,19). The quantitative estimate of drug-likeness (QED) is 0.733. The fraction of sp³-hybridized carbons (Fsp3) is 0.133. The second kappa shape index (κ2) is 5.44. The number of carbonyl (C=O) groups excluding carboxylic acids is 1. The van der Waals surface area contributed by atoms with Crippen LogP contribution in [0, 0.1) is 6.92 Å². The second-order valence-corrected chi connectivity index (χ2v) is 4.45. The van der Waals surface area contributed by atoms with E-state index in [1.54, 1.807) is 18.2 Å². The third-order valence-electron chi connectivity index (χ3n) is 3.07. The van der Waals surface area contributed by atoms with Crippen molar-refractivity contribution in [3.05, 3.63) is 59.2 Å². The average molecular weight is 255 g/mol. The van der Waals surface area contributed by atoms with Gasteiger partial charge in [-0.3, -0.25) is 4.79 Å². The van der Waals surface area contributed by atoms with Gasteiger partial charge in [0.2, 0.25) is 5.91 Å². The molecule has 0 bridgehead atoms. The topological polar surface area (TPSA) is 81.1 Å². The van der Waals surface area contributed by atoms with Crippen LogP contribution >= 0.6 is 0 Å². The SMILES string of the molecule is Cc1ccccc1CNc1cc(C(N)=O)ccc1N. The zero-order chi connectivity index (χ0) is 13.8. The van der Waals surface area contributed by atoms with Gasteiger partial charge in [0, 0.05) is 12.1 Å². The number of hydrogen-bond acceptors (Lipinski definition) is 3. The van der Waals surface area contributed by atoms with Gasteiger partial charge in [-0.2, -0.15) is 0 Å². The smallest absolute Gasteiger partial charge is 0.248 e. The first-order chi connectivity index (χ1) is 9.08. The Kier molecular flexibility index (Phi) is 3.71. The maximum atomic E-state index is 11.1. The summed E-state index contributed by atoms with van der Waals surface area (Å²) in [7, 11) is 0. The molecule has 0 fully saturated rings. The number of anilines is 2. The van der Waals surface area contributed by atoms with Crippen molar-refractivity contribution < 1.29 is 4.79 Å². The van der Waals surface area contributed by atoms with Crippen molar-refractivity contribution in [1.29, 1.82) is 0 Å². The van der Waals surface area contributed by atoms with Crippen LogP contribution in [0.25, 0.3) is 0 Å². The van der Waals surface area contributed by atoms with E-state index in [9.17, 15) is 4.79 Å². The minimum absolute atomic E-state index is 0.446. The molecule has 4 nitrogen and oxygen atoms in total. The van der Waals surface area contributed by atoms with Crippen LogP contribution < -0.4 is 16.8 Å². The van der Waals surface area contributed by atoms with Crippen LogP contribution in [0.2, 0.25) is 0 Å². The van der Waals surface area contributed by atoms with Gasteiger partial charge < -0.3 is 16.8 Å². The van der Waals surface area contributed by atoms with Crippen molar-refractivity contribution in [1.82, 2.24) is 0 Å². The van der Waals surface area contributed by atoms with Gasteiger partial charge in [0.15, 0.2) is 0 Å². The third-order valence-corrected chi connectivity index (χ3v) is 3.07. The highest BCUT2D eigenvalue weighted by molar-refractivity contribution is 5.94. The van der Waals surface area contributed by atoms with Crippen LogP contribution in [-0.4, -0.2) is 5.91 Å². The molecule has 0 atom stereocenters. The number of nitrogen functional groups attached to an aromatic ring is 1. The Bertz CT molecular complexity index is 608. The summed E-state index contributed by atoms with van der Waals surface area (Å²) in [4.78, 5) is 11.1. The maximum absolute atomic E-state index is 11.1. The zero-order valence-corrected chi connectivity index (χ0v) is 10.8. The summed E-state index contributed by atoms with van der Waals surface area (Å²) in [5, 5.41) is 3.23. The van der Waals surface area contributed by atoms with Crippen LogP contribution in [0.3, 0.4) is 0 Å². The Morgan fingerprint density at radius 1 is 1.21 bits per heavy atom. The fourth-order valence-electron chi connectivity index (χ4n) is 1.86. The van der Waals surface area contributed by atoms with E-state index < -0.39 is 5.91 Å². The molecule has 0 heterocycles. The Balaban J connectivity index is 2.17. The summed E-state index contributed by atoms with van der Waals surface area (Å²) in [5.41, 5.74) is 15.3. The van der Waals surface area contributed by atoms with Crippen molar-refractivity contribution in [2.75, 3.05) is 11.1 Å². The van der Waals surface area contributed by atoms with Crippen LogP contribution in [-0.2, 0) is 6.54 Å². The van der Waals surface area contributed by atoms with Gasteiger partial charge in [0.1, 0.15) is 0 Å². The summed E-state index contributed by atoms with van der Waals surface area (Å²) < 4.78 is 0. The number of carbonyl (C=O) groups is 1. The highest BCUT2D eigenvalue weighted by atomic mass is 16.1. The number of benzene rings is 2. The van der Waals surface area contributed by atoms with E-state index in [1.807, 2.05) is 12.1 Å². The van der Waals surface area contributed by atoms with Gasteiger partial charge in [-0.15, -0.1) is 0 Å². The lowest BCUT2D eigenvalue weighted by molar-refractivity contribution is 0.100. The van der Waals surface area contributed by atoms with Gasteiger partial charge in [-0.25, -0.2) is 0 Å². The lowest BCUT2D eigenvalue weighted by atomic mass is 10.1. The van der Waals surface area contributed by atoms with E-state index in [4.69, 9.17) is 11.5 Å². The maximum Gasteiger partial charge on any atom is 0.248 e. The second-order valence-electron chi connectivity index (χ2n) is 4.45. The minimum atomic E-state index is -0.459. The number of nitrogens with two attached hydrogens (primary N) is 2. The lowest BCUT2D eigenvalue weighted by Crippen LogP contribution is -2.12. The van der Waals surface area contributed by atoms with Crippen LogP contribution in [0.5, 0.6) is 0 Å². The van der Waals surface area contributed by atoms with Crippen LogP contribution in [0.15, 0.2) is 42.5 Å². The van der Waals surface area contributed by atoms with Crippen molar-refractivity contribution in [3.63, 3.8) is 0 Å². The van der Waals surface area contributed by atoms with E-state index in [0.29, 0.717) is 17.8 Å². The van der Waals surface area contributed by atoms with Crippen molar-refractivity contribution in [2.24, 2.45) is 5.73 Å². The molecule has 5 N–H and O–H groups in total. The molecule has 0 saturated heterocycles. The number of rotatable bonds is 4. The zero-order valence-electron chi connectivity index (χ0n) is 10.8. The predicted molar refractivity (Wildman–Crippen MR) is 77.9 cm³/mol. The van der Waals surface area contributed by atoms with Gasteiger partial charge in [0.25, 0.3) is 0 Å². The fourth-order valence-corrected chi connectivity index (χ4v) is 1.86. The molecule has 98 valence electrons. The van der Waals surface area contributed by atoms with Crippen LogP contribution in [0.4, 0.5) is 11.4 Å². The molecule has 0 aliphatic rings. The molecular weight excluding hydrogens is 238 g/mol. The molecule has 0 aliphatic carbocycles. The first kappa shape index (κ1) is 13.0. The monoisotopic (exact) mass is 255 g/mol. The Morgan fingerprint density at radius 3 is 2.63 bits per heavy atom. The summed E-state index contributed by atoms with van der Waals surface area (Å²) >= 11 is 0. The molecule has 0 radical (unpaired) electrons. The van der Waals surface area contributed by atoms with Gasteiger partial charge in [0.05, 0.1) is 11.4 Å². The Morgan fingerprint density at radius 2 is 1.95 bits per heavy atom. The molecule has 0 spiro atoms. The first-order valence-corrected chi connectivity index (χ1v) is 6.05. The van der Waals surface area contributed by atoms with Gasteiger partial charge in [-0.05, 0) is 36.2 Å². The van der Waals surface area contributed by atoms with E-state index in [2.05, 4.69) is 24.4 Å². The average Bonchev–Trinajstić information content (AvgIpc) is 2.39. The number of primary amides is 1. The molecule has 2 aromatic carbocycles. The van der Waals surface area contributed by atoms with Crippen molar-refractivity contribution in [3.8, 4) is 0 Å². The molecular formula is C15H17N3O. The highest BCUT2D eigenvalue weighted by Gasteiger charge is 2.05. The molecule has 0 saturated carbocycles. The molecule has 2 rings (SSSR count). The van der Waals surface area contributed by atoms with E-state index in [-0.39, 0.29) is 0 Å². The number of nitrogens with one attached hydrogen (secondary N) is 1. The lowest BCUT2D eigenvalue weighted by Gasteiger charge is -2.12. The molecule has 0 aliphatic heterocycles. The van der Waals surface area contributed by atoms with Crippen molar-refractivity contribution in [2.45, 2.75) is 13.5 Å². The van der Waals surface area contributed by atoms with Gasteiger partial charge in [-0.1, -0.05) is 24.3 Å². The van der Waals surface area contributed by atoms with E-state index in [0.717, 1.165) is 5.69 Å². The normalized spacial score (nSPS) is 10.2. The molecule has 0 unspecified atom stereocenters. The summed E-state index contributed by atoms with van der Waals surface area (Å²) in [6.45, 7) is 2.71.